The predicted octanol–water partition coefficient (Wildman–Crippen LogP) is 2.72. The van der Waals surface area contributed by atoms with E-state index < -0.39 is 24.5 Å². The first-order chi connectivity index (χ1) is 12.8. The Morgan fingerprint density at radius 3 is 2.59 bits per heavy atom. The minimum atomic E-state index is -4.67. The lowest BCUT2D eigenvalue weighted by molar-refractivity contribution is -0.282. The number of alkyl halides is 3. The Morgan fingerprint density at radius 1 is 1.33 bits per heavy atom. The zero-order chi connectivity index (χ0) is 19.6. The first kappa shape index (κ1) is 19.2. The van der Waals surface area contributed by atoms with Crippen LogP contribution < -0.4 is 0 Å². The lowest BCUT2D eigenvalue weighted by Gasteiger charge is -2.28. The van der Waals surface area contributed by atoms with Gasteiger partial charge in [-0.25, -0.2) is 14.8 Å². The van der Waals surface area contributed by atoms with Gasteiger partial charge in [0.05, 0.1) is 11.8 Å². The van der Waals surface area contributed by atoms with Crippen molar-refractivity contribution < 1.29 is 32.5 Å². The minimum Gasteiger partial charge on any atom is -0.477 e. The molecule has 27 heavy (non-hydrogen) atoms. The summed E-state index contributed by atoms with van der Waals surface area (Å²) in [6.45, 7) is 0.351. The molecule has 1 saturated heterocycles. The van der Waals surface area contributed by atoms with Gasteiger partial charge in [-0.05, 0) is 19.3 Å². The lowest BCUT2D eigenvalue weighted by atomic mass is 10.1. The number of aromatic carboxylic acids is 1. The van der Waals surface area contributed by atoms with Gasteiger partial charge in [-0.15, -0.1) is 0 Å². The highest BCUT2D eigenvalue weighted by molar-refractivity contribution is 5.92. The Hall–Kier alpha value is -2.53. The number of hydrogen-bond donors (Lipinski definition) is 1. The van der Waals surface area contributed by atoms with Crippen molar-refractivity contribution in [1.82, 2.24) is 19.7 Å². The molecule has 0 radical (unpaired) electrons. The first-order valence-electron chi connectivity index (χ1n) is 8.18. The van der Waals surface area contributed by atoms with Gasteiger partial charge in [0.2, 0.25) is 0 Å². The molecule has 3 rings (SSSR count). The van der Waals surface area contributed by atoms with Crippen molar-refractivity contribution in [3.05, 3.63) is 29.8 Å². The van der Waals surface area contributed by atoms with E-state index in [4.69, 9.17) is 9.47 Å². The number of ether oxygens (including phenoxy) is 2. The van der Waals surface area contributed by atoms with Gasteiger partial charge < -0.3 is 14.6 Å². The number of nitrogens with zero attached hydrogens (tertiary/aromatic N) is 4. The maximum absolute atomic E-state index is 13.4. The molecule has 1 N–H and O–H groups in total. The molecule has 0 saturated carbocycles. The molecule has 0 aliphatic carbocycles. The SMILES string of the molecule is Cn1ncc(-c2ncc(C(OC3CCCCO3)C(F)(F)F)cn2)c1C(=O)O. The molecule has 2 atom stereocenters. The summed E-state index contributed by atoms with van der Waals surface area (Å²) in [4.78, 5) is 19.1. The predicted molar refractivity (Wildman–Crippen MR) is 84.7 cm³/mol. The molecule has 2 aromatic rings. The number of aromatic nitrogens is 4. The van der Waals surface area contributed by atoms with E-state index in [0.717, 1.165) is 29.9 Å². The van der Waals surface area contributed by atoms with Crippen LogP contribution in [0.5, 0.6) is 0 Å². The van der Waals surface area contributed by atoms with Crippen LogP contribution in [0.4, 0.5) is 13.2 Å². The molecule has 146 valence electrons. The van der Waals surface area contributed by atoms with Gasteiger partial charge in [0.1, 0.15) is 0 Å². The number of halogens is 3. The second-order valence-corrected chi connectivity index (χ2v) is 6.03. The van der Waals surface area contributed by atoms with E-state index >= 15 is 0 Å². The average Bonchev–Trinajstić information content (AvgIpc) is 3.02. The van der Waals surface area contributed by atoms with Crippen LogP contribution in [0.2, 0.25) is 0 Å². The van der Waals surface area contributed by atoms with E-state index in [0.29, 0.717) is 13.0 Å². The summed E-state index contributed by atoms with van der Waals surface area (Å²) in [6, 6.07) is 0. The number of carbonyl (C=O) groups is 1. The Labute approximate surface area is 151 Å². The second kappa shape index (κ2) is 7.61. The maximum atomic E-state index is 13.4. The van der Waals surface area contributed by atoms with E-state index in [-0.39, 0.29) is 22.6 Å². The molecule has 1 aliphatic heterocycles. The van der Waals surface area contributed by atoms with Gasteiger partial charge in [0.15, 0.2) is 23.9 Å². The first-order valence-corrected chi connectivity index (χ1v) is 8.18. The third kappa shape index (κ3) is 4.25. The summed E-state index contributed by atoms with van der Waals surface area (Å²) in [5.74, 6) is -1.29. The third-order valence-corrected chi connectivity index (χ3v) is 4.08. The van der Waals surface area contributed by atoms with Gasteiger partial charge in [-0.2, -0.15) is 18.3 Å². The Balaban J connectivity index is 1.86. The van der Waals surface area contributed by atoms with Gasteiger partial charge in [0, 0.05) is 31.6 Å². The molecule has 0 amide bonds. The molecule has 2 aromatic heterocycles. The van der Waals surface area contributed by atoms with Crippen molar-refractivity contribution in [2.45, 2.75) is 37.8 Å². The number of hydrogen-bond acceptors (Lipinski definition) is 6. The van der Waals surface area contributed by atoms with Gasteiger partial charge in [-0.3, -0.25) is 4.68 Å². The van der Waals surface area contributed by atoms with Crippen molar-refractivity contribution in [2.24, 2.45) is 7.05 Å². The highest BCUT2D eigenvalue weighted by Gasteiger charge is 2.44. The van der Waals surface area contributed by atoms with E-state index in [1.165, 1.54) is 13.2 Å². The molecule has 0 bridgehead atoms. The van der Waals surface area contributed by atoms with Crippen LogP contribution in [0.15, 0.2) is 18.6 Å². The van der Waals surface area contributed by atoms with Crippen LogP contribution in [0.1, 0.15) is 41.4 Å². The van der Waals surface area contributed by atoms with Crippen molar-refractivity contribution in [2.75, 3.05) is 6.61 Å². The molecule has 1 aliphatic rings. The van der Waals surface area contributed by atoms with Crippen molar-refractivity contribution in [1.29, 1.82) is 0 Å². The molecule has 8 nitrogen and oxygen atoms in total. The maximum Gasteiger partial charge on any atom is 0.419 e. The summed E-state index contributed by atoms with van der Waals surface area (Å²) >= 11 is 0. The molecule has 0 aromatic carbocycles. The number of carboxylic acid groups (broad SMARTS) is 1. The Morgan fingerprint density at radius 2 is 2.04 bits per heavy atom. The molecular formula is C16H17F3N4O4. The fourth-order valence-electron chi connectivity index (χ4n) is 2.78. The van der Waals surface area contributed by atoms with Crippen molar-refractivity contribution >= 4 is 5.97 Å². The average molecular weight is 386 g/mol. The smallest absolute Gasteiger partial charge is 0.419 e. The summed E-state index contributed by atoms with van der Waals surface area (Å²) in [5, 5.41) is 13.1. The number of carboxylic acids is 1. The van der Waals surface area contributed by atoms with Gasteiger partial charge in [-0.1, -0.05) is 0 Å². The largest absolute Gasteiger partial charge is 0.477 e. The fourth-order valence-corrected chi connectivity index (χ4v) is 2.78. The number of rotatable bonds is 5. The summed E-state index contributed by atoms with van der Waals surface area (Å²) in [5.41, 5.74) is -0.347. The monoisotopic (exact) mass is 386 g/mol. The molecule has 1 fully saturated rings. The highest BCUT2D eigenvalue weighted by Crippen LogP contribution is 2.37. The third-order valence-electron chi connectivity index (χ3n) is 4.08. The lowest BCUT2D eigenvalue weighted by Crippen LogP contribution is -2.31. The standard InChI is InChI=1S/C16H17F3N4O4/c1-23-12(15(24)25)10(8-22-23)14-20-6-9(7-21-14)13(16(17,18)19)27-11-4-2-3-5-26-11/h6-8,11,13H,2-5H2,1H3,(H,24,25). The summed E-state index contributed by atoms with van der Waals surface area (Å²) in [6.07, 6.45) is -2.77. The van der Waals surface area contributed by atoms with E-state index in [9.17, 15) is 23.1 Å². The van der Waals surface area contributed by atoms with E-state index in [2.05, 4.69) is 15.1 Å². The molecular weight excluding hydrogens is 369 g/mol. The molecule has 0 spiro atoms. The zero-order valence-corrected chi connectivity index (χ0v) is 14.3. The van der Waals surface area contributed by atoms with Crippen LogP contribution in [0, 0.1) is 0 Å². The zero-order valence-electron chi connectivity index (χ0n) is 14.3. The van der Waals surface area contributed by atoms with E-state index in [1.54, 1.807) is 0 Å². The van der Waals surface area contributed by atoms with Crippen LogP contribution >= 0.6 is 0 Å². The van der Waals surface area contributed by atoms with Crippen LogP contribution in [-0.4, -0.2) is 49.9 Å². The fraction of sp³-hybridized carbons (Fsp3) is 0.500. The summed E-state index contributed by atoms with van der Waals surface area (Å²) in [7, 11) is 1.43. The van der Waals surface area contributed by atoms with Crippen molar-refractivity contribution in [3.63, 3.8) is 0 Å². The molecule has 2 unspecified atom stereocenters. The topological polar surface area (TPSA) is 99.4 Å². The van der Waals surface area contributed by atoms with Crippen LogP contribution in [0.3, 0.4) is 0 Å². The minimum absolute atomic E-state index is 0.0425. The van der Waals surface area contributed by atoms with Crippen LogP contribution in [-0.2, 0) is 16.5 Å². The van der Waals surface area contributed by atoms with Gasteiger partial charge >= 0.3 is 12.1 Å². The Kier molecular flexibility index (Phi) is 5.42. The molecule has 11 heteroatoms. The van der Waals surface area contributed by atoms with Crippen molar-refractivity contribution in [3.8, 4) is 11.4 Å². The Bertz CT molecular complexity index is 801. The highest BCUT2D eigenvalue weighted by atomic mass is 19.4. The second-order valence-electron chi connectivity index (χ2n) is 6.03. The van der Waals surface area contributed by atoms with Crippen LogP contribution in [0.25, 0.3) is 11.4 Å². The van der Waals surface area contributed by atoms with Gasteiger partial charge in [0.25, 0.3) is 0 Å². The normalized spacial score (nSPS) is 19.0. The summed E-state index contributed by atoms with van der Waals surface area (Å²) < 4.78 is 51.8. The van der Waals surface area contributed by atoms with E-state index in [1.807, 2.05) is 0 Å². The quantitative estimate of drug-likeness (QED) is 0.843. The molecule has 3 heterocycles. The number of aryl methyl sites for hydroxylation is 1.